The van der Waals surface area contributed by atoms with Crippen LogP contribution in [-0.4, -0.2) is 32.0 Å². The lowest BCUT2D eigenvalue weighted by atomic mass is 9.98. The Morgan fingerprint density at radius 2 is 2.15 bits per heavy atom. The van der Waals surface area contributed by atoms with E-state index in [1.54, 1.807) is 35.8 Å². The molecule has 7 nitrogen and oxygen atoms in total. The lowest BCUT2D eigenvalue weighted by molar-refractivity contribution is -0.119. The summed E-state index contributed by atoms with van der Waals surface area (Å²) in [5.74, 6) is 1.58. The van der Waals surface area contributed by atoms with Gasteiger partial charge in [-0.05, 0) is 49.9 Å². The van der Waals surface area contributed by atoms with Crippen molar-refractivity contribution in [2.45, 2.75) is 37.1 Å². The minimum atomic E-state index is -0.783. The molecule has 1 N–H and O–H groups in total. The van der Waals surface area contributed by atoms with Crippen molar-refractivity contribution in [3.8, 4) is 11.8 Å². The van der Waals surface area contributed by atoms with Crippen LogP contribution < -0.4 is 10.1 Å². The maximum atomic E-state index is 12.2. The molecule has 1 aromatic carbocycles. The summed E-state index contributed by atoms with van der Waals surface area (Å²) in [5.41, 5.74) is -0.783. The zero-order valence-corrected chi connectivity index (χ0v) is 16.7. The highest BCUT2D eigenvalue weighted by Gasteiger charge is 2.42. The van der Waals surface area contributed by atoms with E-state index in [0.717, 1.165) is 12.8 Å². The van der Waals surface area contributed by atoms with Crippen molar-refractivity contribution in [1.29, 1.82) is 5.26 Å². The number of benzene rings is 1. The molecule has 0 bridgehead atoms. The first-order valence-corrected chi connectivity index (χ1v) is 9.89. The highest BCUT2D eigenvalue weighted by Crippen LogP contribution is 2.39. The van der Waals surface area contributed by atoms with Gasteiger partial charge in [0.15, 0.2) is 11.0 Å². The second-order valence-electron chi connectivity index (χ2n) is 6.63. The Labute approximate surface area is 167 Å². The molecule has 0 unspecified atom stereocenters. The van der Waals surface area contributed by atoms with Gasteiger partial charge in [0.25, 0.3) is 0 Å². The molecule has 1 aliphatic rings. The second kappa shape index (κ2) is 8.19. The highest BCUT2D eigenvalue weighted by molar-refractivity contribution is 7.99. The van der Waals surface area contributed by atoms with E-state index in [2.05, 4.69) is 21.6 Å². The van der Waals surface area contributed by atoms with Gasteiger partial charge in [-0.1, -0.05) is 23.4 Å². The van der Waals surface area contributed by atoms with Gasteiger partial charge in [-0.3, -0.25) is 4.79 Å². The van der Waals surface area contributed by atoms with Gasteiger partial charge in [0.05, 0.1) is 11.8 Å². The first-order valence-electron chi connectivity index (χ1n) is 8.53. The van der Waals surface area contributed by atoms with Crippen LogP contribution in [0.3, 0.4) is 0 Å². The molecular formula is C18H20ClN5O2S. The first-order chi connectivity index (χ1) is 12.9. The van der Waals surface area contributed by atoms with Gasteiger partial charge in [0.1, 0.15) is 17.9 Å². The van der Waals surface area contributed by atoms with E-state index >= 15 is 0 Å². The van der Waals surface area contributed by atoms with Gasteiger partial charge < -0.3 is 14.6 Å². The van der Waals surface area contributed by atoms with E-state index in [4.69, 9.17) is 16.3 Å². The smallest absolute Gasteiger partial charge is 0.231 e. The van der Waals surface area contributed by atoms with Crippen molar-refractivity contribution < 1.29 is 9.53 Å². The van der Waals surface area contributed by atoms with Crippen LogP contribution in [0.25, 0.3) is 0 Å². The van der Waals surface area contributed by atoms with Crippen molar-refractivity contribution in [3.63, 3.8) is 0 Å². The third-order valence-electron chi connectivity index (χ3n) is 4.46. The topological polar surface area (TPSA) is 92.8 Å². The molecule has 1 fully saturated rings. The number of amides is 1. The van der Waals surface area contributed by atoms with E-state index < -0.39 is 5.54 Å². The number of carbonyl (C=O) groups excluding carboxylic acids is 1. The molecule has 3 rings (SSSR count). The second-order valence-corrected chi connectivity index (χ2v) is 8.00. The molecule has 1 aromatic heterocycles. The summed E-state index contributed by atoms with van der Waals surface area (Å²) in [6.07, 6.45) is 1.97. The molecule has 1 atom stereocenters. The Morgan fingerprint density at radius 1 is 1.44 bits per heavy atom. The molecule has 0 aliphatic heterocycles. The molecule has 1 amide bonds. The monoisotopic (exact) mass is 405 g/mol. The maximum Gasteiger partial charge on any atom is 0.231 e. The maximum absolute atomic E-state index is 12.2. The molecular weight excluding hydrogens is 386 g/mol. The molecule has 0 spiro atoms. The number of nitriles is 1. The molecule has 1 heterocycles. The quantitative estimate of drug-likeness (QED) is 0.678. The van der Waals surface area contributed by atoms with Gasteiger partial charge in [-0.25, -0.2) is 0 Å². The summed E-state index contributed by atoms with van der Waals surface area (Å²) in [6, 6.07) is 9.29. The molecule has 0 radical (unpaired) electrons. The SMILES string of the molecule is Cn1c(COc2ccc(Cl)cc2)nnc1SCC(=O)N[C@](C)(C#N)C1CC1. The fourth-order valence-corrected chi connectivity index (χ4v) is 3.47. The van der Waals surface area contributed by atoms with Crippen LogP contribution in [0.1, 0.15) is 25.6 Å². The summed E-state index contributed by atoms with van der Waals surface area (Å²) in [6.45, 7) is 2.04. The lowest BCUT2D eigenvalue weighted by Gasteiger charge is -2.22. The Morgan fingerprint density at radius 3 is 2.78 bits per heavy atom. The number of hydrogen-bond donors (Lipinski definition) is 1. The lowest BCUT2D eigenvalue weighted by Crippen LogP contribution is -2.47. The number of nitrogens with one attached hydrogen (secondary N) is 1. The number of hydrogen-bond acceptors (Lipinski definition) is 6. The number of carbonyl (C=O) groups is 1. The fourth-order valence-electron chi connectivity index (χ4n) is 2.61. The van der Waals surface area contributed by atoms with Gasteiger partial charge in [-0.2, -0.15) is 5.26 Å². The van der Waals surface area contributed by atoms with Crippen LogP contribution in [0.5, 0.6) is 5.75 Å². The molecule has 2 aromatic rings. The number of thioether (sulfide) groups is 1. The zero-order chi connectivity index (χ0) is 19.4. The Balaban J connectivity index is 1.52. The summed E-state index contributed by atoms with van der Waals surface area (Å²) < 4.78 is 7.46. The Hall–Kier alpha value is -2.24. The van der Waals surface area contributed by atoms with E-state index in [9.17, 15) is 10.1 Å². The van der Waals surface area contributed by atoms with E-state index in [0.29, 0.717) is 21.8 Å². The molecule has 1 aliphatic carbocycles. The van der Waals surface area contributed by atoms with E-state index in [-0.39, 0.29) is 24.2 Å². The van der Waals surface area contributed by atoms with Crippen molar-refractivity contribution in [2.75, 3.05) is 5.75 Å². The molecule has 27 heavy (non-hydrogen) atoms. The van der Waals surface area contributed by atoms with Crippen LogP contribution >= 0.6 is 23.4 Å². The van der Waals surface area contributed by atoms with Crippen LogP contribution in [0.15, 0.2) is 29.4 Å². The fraction of sp³-hybridized carbons (Fsp3) is 0.444. The van der Waals surface area contributed by atoms with Crippen LogP contribution in [0.4, 0.5) is 0 Å². The number of halogens is 1. The van der Waals surface area contributed by atoms with Crippen LogP contribution in [0, 0.1) is 17.2 Å². The molecule has 0 saturated heterocycles. The number of ether oxygens (including phenoxy) is 1. The van der Waals surface area contributed by atoms with Gasteiger partial charge in [0.2, 0.25) is 5.91 Å². The van der Waals surface area contributed by atoms with Gasteiger partial charge >= 0.3 is 0 Å². The number of rotatable bonds is 8. The average molecular weight is 406 g/mol. The third kappa shape index (κ3) is 4.93. The summed E-state index contributed by atoms with van der Waals surface area (Å²) in [5, 5.41) is 21.6. The number of aromatic nitrogens is 3. The Kier molecular flexibility index (Phi) is 5.92. The van der Waals surface area contributed by atoms with Crippen molar-refractivity contribution in [2.24, 2.45) is 13.0 Å². The zero-order valence-electron chi connectivity index (χ0n) is 15.1. The summed E-state index contributed by atoms with van der Waals surface area (Å²) >= 11 is 7.13. The van der Waals surface area contributed by atoms with E-state index in [1.807, 2.05) is 7.05 Å². The van der Waals surface area contributed by atoms with Gasteiger partial charge in [-0.15, -0.1) is 10.2 Å². The minimum absolute atomic E-state index is 0.175. The Bertz CT molecular complexity index is 860. The molecule has 142 valence electrons. The predicted octanol–water partition coefficient (Wildman–Crippen LogP) is 2.95. The molecule has 1 saturated carbocycles. The van der Waals surface area contributed by atoms with Crippen LogP contribution in [0.2, 0.25) is 5.02 Å². The summed E-state index contributed by atoms with van der Waals surface area (Å²) in [4.78, 5) is 12.2. The van der Waals surface area contributed by atoms with Crippen molar-refractivity contribution in [1.82, 2.24) is 20.1 Å². The molecule has 9 heteroatoms. The van der Waals surface area contributed by atoms with Crippen molar-refractivity contribution in [3.05, 3.63) is 35.1 Å². The normalized spacial score (nSPS) is 15.6. The third-order valence-corrected chi connectivity index (χ3v) is 5.74. The van der Waals surface area contributed by atoms with Gasteiger partial charge in [0, 0.05) is 12.1 Å². The van der Waals surface area contributed by atoms with E-state index in [1.165, 1.54) is 11.8 Å². The minimum Gasteiger partial charge on any atom is -0.486 e. The number of nitrogens with zero attached hydrogens (tertiary/aromatic N) is 4. The highest BCUT2D eigenvalue weighted by atomic mass is 35.5. The average Bonchev–Trinajstić information content (AvgIpc) is 3.45. The predicted molar refractivity (Wildman–Crippen MR) is 102 cm³/mol. The van der Waals surface area contributed by atoms with Crippen LogP contribution in [-0.2, 0) is 18.4 Å². The largest absolute Gasteiger partial charge is 0.486 e. The van der Waals surface area contributed by atoms with Crippen molar-refractivity contribution >= 4 is 29.3 Å². The first kappa shape index (κ1) is 19.5. The summed E-state index contributed by atoms with van der Waals surface area (Å²) in [7, 11) is 1.82. The standard InChI is InChI=1S/C18H20ClN5O2S/c1-18(11-20,12-3-4-12)21-16(25)10-27-17-23-22-15(24(17)2)9-26-14-7-5-13(19)6-8-14/h5-8,12H,3-4,9-10H2,1-2H3,(H,21,25)/t18-/m1/s1.